The molecule has 0 radical (unpaired) electrons. The lowest BCUT2D eigenvalue weighted by Crippen LogP contribution is -2.32. The molecule has 1 aromatic heterocycles. The first-order valence-corrected chi connectivity index (χ1v) is 5.57. The summed E-state index contributed by atoms with van der Waals surface area (Å²) in [5.74, 6) is 0.384. The summed E-state index contributed by atoms with van der Waals surface area (Å²) in [5, 5.41) is 10.3. The Morgan fingerprint density at radius 2 is 2.38 bits per heavy atom. The molecule has 4 nitrogen and oxygen atoms in total. The van der Waals surface area contributed by atoms with Gasteiger partial charge >= 0.3 is 0 Å². The minimum Gasteiger partial charge on any atom is -0.385 e. The third-order valence-electron chi connectivity index (χ3n) is 3.21. The second-order valence-corrected chi connectivity index (χ2v) is 4.65. The Bertz CT molecular complexity index is 387. The summed E-state index contributed by atoms with van der Waals surface area (Å²) in [6.45, 7) is 4.56. The van der Waals surface area contributed by atoms with Gasteiger partial charge in [-0.15, -0.1) is 0 Å². The van der Waals surface area contributed by atoms with Gasteiger partial charge in [-0.1, -0.05) is 0 Å². The first kappa shape index (κ1) is 11.4. The van der Waals surface area contributed by atoms with Gasteiger partial charge in [0.2, 0.25) is 0 Å². The van der Waals surface area contributed by atoms with Gasteiger partial charge in [0.15, 0.2) is 0 Å². The zero-order chi connectivity index (χ0) is 11.8. The number of aliphatic hydroxyl groups excluding tert-OH is 1. The minimum atomic E-state index is -0.706. The molecule has 2 rings (SSSR count). The van der Waals surface area contributed by atoms with Gasteiger partial charge in [0.05, 0.1) is 5.60 Å². The first-order valence-electron chi connectivity index (χ1n) is 5.57. The highest BCUT2D eigenvalue weighted by molar-refractivity contribution is 5.43. The van der Waals surface area contributed by atoms with Crippen LogP contribution in [0.3, 0.4) is 0 Å². The van der Waals surface area contributed by atoms with Crippen LogP contribution in [-0.4, -0.2) is 22.3 Å². The molecular formula is C12H18N2O2. The maximum atomic E-state index is 10.3. The number of nitrogens with two attached hydrogens (primary N) is 1. The number of nitrogen functional groups attached to an aromatic ring is 1. The van der Waals surface area contributed by atoms with Crippen molar-refractivity contribution in [2.45, 2.75) is 38.4 Å². The van der Waals surface area contributed by atoms with E-state index in [1.54, 1.807) is 6.20 Å². The Kier molecular flexibility index (Phi) is 2.86. The van der Waals surface area contributed by atoms with Gasteiger partial charge in [-0.05, 0) is 38.3 Å². The van der Waals surface area contributed by atoms with Crippen LogP contribution in [0.5, 0.6) is 0 Å². The topological polar surface area (TPSA) is 68.4 Å². The molecule has 0 bridgehead atoms. The van der Waals surface area contributed by atoms with E-state index in [9.17, 15) is 5.11 Å². The van der Waals surface area contributed by atoms with Crippen molar-refractivity contribution < 1.29 is 9.84 Å². The molecule has 2 atom stereocenters. The van der Waals surface area contributed by atoms with Crippen LogP contribution in [0.1, 0.15) is 37.0 Å². The maximum absolute atomic E-state index is 10.3. The fourth-order valence-electron chi connectivity index (χ4n) is 2.17. The van der Waals surface area contributed by atoms with Gasteiger partial charge in [0.25, 0.3) is 0 Å². The molecule has 1 fully saturated rings. The van der Waals surface area contributed by atoms with Gasteiger partial charge in [0.1, 0.15) is 11.9 Å². The predicted molar refractivity (Wildman–Crippen MR) is 61.9 cm³/mol. The average molecular weight is 222 g/mol. The summed E-state index contributed by atoms with van der Waals surface area (Å²) in [6.07, 6.45) is 2.82. The van der Waals surface area contributed by atoms with E-state index in [0.29, 0.717) is 18.0 Å². The number of anilines is 1. The smallest absolute Gasteiger partial charge is 0.129 e. The summed E-state index contributed by atoms with van der Waals surface area (Å²) in [4.78, 5) is 4.06. The normalized spacial score (nSPS) is 26.9. The highest BCUT2D eigenvalue weighted by atomic mass is 16.5. The summed E-state index contributed by atoms with van der Waals surface area (Å²) in [6, 6.07) is 1.87. The van der Waals surface area contributed by atoms with Gasteiger partial charge in [-0.25, -0.2) is 4.98 Å². The Hall–Kier alpha value is -1.13. The molecule has 0 aromatic carbocycles. The summed E-state index contributed by atoms with van der Waals surface area (Å²) < 4.78 is 5.62. The van der Waals surface area contributed by atoms with E-state index in [0.717, 1.165) is 18.4 Å². The molecule has 0 amide bonds. The van der Waals surface area contributed by atoms with Crippen LogP contribution >= 0.6 is 0 Å². The molecule has 1 aromatic rings. The van der Waals surface area contributed by atoms with E-state index < -0.39 is 11.7 Å². The van der Waals surface area contributed by atoms with Crippen LogP contribution in [0.2, 0.25) is 0 Å². The molecule has 16 heavy (non-hydrogen) atoms. The SMILES string of the molecule is Cc1cnc(N)c(C(O)C2(C)CCCO2)c1. The van der Waals surface area contributed by atoms with Crippen molar-refractivity contribution in [2.24, 2.45) is 0 Å². The number of hydrogen-bond donors (Lipinski definition) is 2. The second-order valence-electron chi connectivity index (χ2n) is 4.65. The second kappa shape index (κ2) is 4.03. The number of aryl methyl sites for hydroxylation is 1. The van der Waals surface area contributed by atoms with Crippen molar-refractivity contribution in [1.29, 1.82) is 0 Å². The van der Waals surface area contributed by atoms with Crippen molar-refractivity contribution in [2.75, 3.05) is 12.3 Å². The van der Waals surface area contributed by atoms with Crippen molar-refractivity contribution >= 4 is 5.82 Å². The molecular weight excluding hydrogens is 204 g/mol. The van der Waals surface area contributed by atoms with Crippen LogP contribution in [0.4, 0.5) is 5.82 Å². The minimum absolute atomic E-state index is 0.384. The molecule has 1 saturated heterocycles. The number of aliphatic hydroxyl groups is 1. The molecule has 3 N–H and O–H groups in total. The maximum Gasteiger partial charge on any atom is 0.129 e. The van der Waals surface area contributed by atoms with Gasteiger partial charge < -0.3 is 15.6 Å². The predicted octanol–water partition coefficient (Wildman–Crippen LogP) is 1.57. The Morgan fingerprint density at radius 1 is 1.62 bits per heavy atom. The first-order chi connectivity index (χ1) is 7.53. The lowest BCUT2D eigenvalue weighted by atomic mass is 9.90. The highest BCUT2D eigenvalue weighted by Crippen LogP contribution is 2.38. The Morgan fingerprint density at radius 3 is 3.00 bits per heavy atom. The molecule has 0 saturated carbocycles. The quantitative estimate of drug-likeness (QED) is 0.797. The summed E-state index contributed by atoms with van der Waals surface area (Å²) in [5.41, 5.74) is 6.93. The number of aromatic nitrogens is 1. The zero-order valence-corrected chi connectivity index (χ0v) is 9.73. The fourth-order valence-corrected chi connectivity index (χ4v) is 2.17. The lowest BCUT2D eigenvalue weighted by molar-refractivity contribution is -0.0794. The Labute approximate surface area is 95.4 Å². The third kappa shape index (κ3) is 1.90. The standard InChI is InChI=1S/C12H18N2O2/c1-8-6-9(11(13)14-7-8)10(15)12(2)4-3-5-16-12/h6-7,10,15H,3-5H2,1-2H3,(H2,13,14). The Balaban J connectivity index is 2.32. The molecule has 1 aliphatic heterocycles. The van der Waals surface area contributed by atoms with E-state index in [1.165, 1.54) is 0 Å². The van der Waals surface area contributed by atoms with Crippen LogP contribution in [0.15, 0.2) is 12.3 Å². The summed E-state index contributed by atoms with van der Waals surface area (Å²) >= 11 is 0. The monoisotopic (exact) mass is 222 g/mol. The lowest BCUT2D eigenvalue weighted by Gasteiger charge is -2.30. The molecule has 0 spiro atoms. The number of hydrogen-bond acceptors (Lipinski definition) is 4. The van der Waals surface area contributed by atoms with Crippen molar-refractivity contribution in [1.82, 2.24) is 4.98 Å². The summed E-state index contributed by atoms with van der Waals surface area (Å²) in [7, 11) is 0. The van der Waals surface area contributed by atoms with E-state index in [-0.39, 0.29) is 0 Å². The zero-order valence-electron chi connectivity index (χ0n) is 9.73. The highest BCUT2D eigenvalue weighted by Gasteiger charge is 2.39. The van der Waals surface area contributed by atoms with Crippen LogP contribution in [0, 0.1) is 6.92 Å². The average Bonchev–Trinajstić information content (AvgIpc) is 2.69. The van der Waals surface area contributed by atoms with Crippen molar-refractivity contribution in [3.63, 3.8) is 0 Å². The van der Waals surface area contributed by atoms with Crippen LogP contribution in [-0.2, 0) is 4.74 Å². The molecule has 88 valence electrons. The molecule has 2 unspecified atom stereocenters. The largest absolute Gasteiger partial charge is 0.385 e. The van der Waals surface area contributed by atoms with Gasteiger partial charge in [0, 0.05) is 18.4 Å². The molecule has 0 aliphatic carbocycles. The fraction of sp³-hybridized carbons (Fsp3) is 0.583. The van der Waals surface area contributed by atoms with E-state index in [1.807, 2.05) is 19.9 Å². The van der Waals surface area contributed by atoms with Crippen LogP contribution in [0.25, 0.3) is 0 Å². The number of rotatable bonds is 2. The number of ether oxygens (including phenoxy) is 1. The van der Waals surface area contributed by atoms with Crippen molar-refractivity contribution in [3.05, 3.63) is 23.4 Å². The van der Waals surface area contributed by atoms with Gasteiger partial charge in [-0.2, -0.15) is 0 Å². The molecule has 1 aliphatic rings. The number of nitrogens with zero attached hydrogens (tertiary/aromatic N) is 1. The number of pyridine rings is 1. The van der Waals surface area contributed by atoms with Gasteiger partial charge in [-0.3, -0.25) is 0 Å². The van der Waals surface area contributed by atoms with E-state index in [2.05, 4.69) is 4.98 Å². The molecule has 2 heterocycles. The van der Waals surface area contributed by atoms with Crippen LogP contribution < -0.4 is 5.73 Å². The third-order valence-corrected chi connectivity index (χ3v) is 3.21. The van der Waals surface area contributed by atoms with Crippen molar-refractivity contribution in [3.8, 4) is 0 Å². The molecule has 4 heteroatoms. The van der Waals surface area contributed by atoms with E-state index in [4.69, 9.17) is 10.5 Å². The van der Waals surface area contributed by atoms with E-state index >= 15 is 0 Å².